The molecule has 1 heterocycles. The van der Waals surface area contributed by atoms with Crippen LogP contribution in [-0.4, -0.2) is 55.5 Å². The molecule has 2 atom stereocenters. The Morgan fingerprint density at radius 1 is 0.964 bits per heavy atom. The van der Waals surface area contributed by atoms with E-state index < -0.39 is 0 Å². The van der Waals surface area contributed by atoms with Gasteiger partial charge in [-0.25, -0.2) is 0 Å². The van der Waals surface area contributed by atoms with Crippen LogP contribution in [0.1, 0.15) is 23.5 Å². The maximum absolute atomic E-state index is 12.7. The van der Waals surface area contributed by atoms with Crippen LogP contribution in [-0.2, 0) is 10.3 Å². The topological polar surface area (TPSA) is 35.6 Å². The van der Waals surface area contributed by atoms with Crippen molar-refractivity contribution in [3.8, 4) is 0 Å². The van der Waals surface area contributed by atoms with Crippen molar-refractivity contribution in [2.45, 2.75) is 17.9 Å². The molecule has 28 heavy (non-hydrogen) atoms. The molecule has 152 valence electrons. The summed E-state index contributed by atoms with van der Waals surface area (Å²) in [5, 5.41) is 3.64. The van der Waals surface area contributed by atoms with Crippen LogP contribution < -0.4 is 5.32 Å². The quantitative estimate of drug-likeness (QED) is 0.804. The van der Waals surface area contributed by atoms with Gasteiger partial charge in [0.2, 0.25) is 5.91 Å². The highest BCUT2D eigenvalue weighted by molar-refractivity contribution is 5.85. The second-order valence-electron chi connectivity index (χ2n) is 7.54. The van der Waals surface area contributed by atoms with Crippen molar-refractivity contribution in [3.63, 3.8) is 0 Å². The van der Waals surface area contributed by atoms with Crippen molar-refractivity contribution in [1.29, 1.82) is 0 Å². The van der Waals surface area contributed by atoms with E-state index in [1.54, 1.807) is 0 Å². The van der Waals surface area contributed by atoms with Gasteiger partial charge in [0.1, 0.15) is 0 Å². The highest BCUT2D eigenvalue weighted by Crippen LogP contribution is 2.58. The minimum atomic E-state index is -0.120. The molecule has 6 heteroatoms. The lowest BCUT2D eigenvalue weighted by Gasteiger charge is -2.33. The van der Waals surface area contributed by atoms with Gasteiger partial charge in [0.25, 0.3) is 0 Å². The molecule has 0 unspecified atom stereocenters. The molecule has 0 spiro atoms. The second-order valence-corrected chi connectivity index (χ2v) is 7.54. The van der Waals surface area contributed by atoms with Crippen LogP contribution in [0.5, 0.6) is 0 Å². The number of rotatable bonds is 5. The molecular weight excluding hydrogens is 393 g/mol. The number of amides is 1. The lowest BCUT2D eigenvalue weighted by Crippen LogP contribution is -2.50. The largest absolute Gasteiger partial charge is 0.339 e. The van der Waals surface area contributed by atoms with Gasteiger partial charge in [-0.1, -0.05) is 60.7 Å². The molecule has 1 amide bonds. The van der Waals surface area contributed by atoms with E-state index in [4.69, 9.17) is 0 Å². The molecular formula is C22H29Cl2N3O. The standard InChI is InChI=1S/C22H27N3O.2ClH/c1-24-12-14-25(15-13-24)21(26)17-23-22(19-10-6-3-7-11-19)16-20(22)18-8-4-2-5-9-18;;/h2-11,20,23H,12-17H2,1H3;2*1H/t20-,22-;;/m0../s1. The Morgan fingerprint density at radius 3 is 2.14 bits per heavy atom. The highest BCUT2D eigenvalue weighted by Gasteiger charge is 2.55. The zero-order valence-corrected chi connectivity index (χ0v) is 17.8. The Kier molecular flexibility index (Phi) is 7.90. The van der Waals surface area contributed by atoms with Crippen molar-refractivity contribution in [1.82, 2.24) is 15.1 Å². The van der Waals surface area contributed by atoms with Crippen molar-refractivity contribution in [2.24, 2.45) is 0 Å². The Hall–Kier alpha value is -1.59. The highest BCUT2D eigenvalue weighted by atomic mass is 35.5. The van der Waals surface area contributed by atoms with E-state index in [-0.39, 0.29) is 36.3 Å². The molecule has 2 aliphatic rings. The Morgan fingerprint density at radius 2 is 1.54 bits per heavy atom. The monoisotopic (exact) mass is 421 g/mol. The van der Waals surface area contributed by atoms with Gasteiger partial charge in [0.15, 0.2) is 0 Å². The summed E-state index contributed by atoms with van der Waals surface area (Å²) in [4.78, 5) is 17.0. The number of hydrogen-bond acceptors (Lipinski definition) is 3. The summed E-state index contributed by atoms with van der Waals surface area (Å²) in [5.41, 5.74) is 2.50. The first-order chi connectivity index (χ1) is 12.7. The molecule has 1 saturated carbocycles. The summed E-state index contributed by atoms with van der Waals surface area (Å²) in [5.74, 6) is 0.638. The third-order valence-electron chi connectivity index (χ3n) is 5.86. The maximum atomic E-state index is 12.7. The van der Waals surface area contributed by atoms with E-state index in [9.17, 15) is 4.79 Å². The van der Waals surface area contributed by atoms with Gasteiger partial charge in [0, 0.05) is 32.1 Å². The molecule has 2 aromatic carbocycles. The smallest absolute Gasteiger partial charge is 0.236 e. The zero-order chi connectivity index (χ0) is 18.0. The van der Waals surface area contributed by atoms with Crippen LogP contribution in [0.3, 0.4) is 0 Å². The number of nitrogens with zero attached hydrogens (tertiary/aromatic N) is 2. The molecule has 4 rings (SSSR count). The molecule has 1 aliphatic carbocycles. The molecule has 4 nitrogen and oxygen atoms in total. The van der Waals surface area contributed by atoms with Crippen molar-refractivity contribution in [3.05, 3.63) is 71.8 Å². The summed E-state index contributed by atoms with van der Waals surface area (Å²) in [6, 6.07) is 21.2. The van der Waals surface area contributed by atoms with Crippen LogP contribution in [0.4, 0.5) is 0 Å². The normalized spacial score (nSPS) is 24.0. The summed E-state index contributed by atoms with van der Waals surface area (Å²) >= 11 is 0. The predicted octanol–water partition coefficient (Wildman–Crippen LogP) is 3.28. The van der Waals surface area contributed by atoms with Crippen LogP contribution in [0.2, 0.25) is 0 Å². The van der Waals surface area contributed by atoms with Gasteiger partial charge in [-0.05, 0) is 24.6 Å². The minimum Gasteiger partial charge on any atom is -0.339 e. The zero-order valence-electron chi connectivity index (χ0n) is 16.2. The third-order valence-corrected chi connectivity index (χ3v) is 5.86. The first-order valence-corrected chi connectivity index (χ1v) is 9.51. The van der Waals surface area contributed by atoms with E-state index in [1.165, 1.54) is 11.1 Å². The van der Waals surface area contributed by atoms with Gasteiger partial charge in [0.05, 0.1) is 12.1 Å². The Bertz CT molecular complexity index is 751. The minimum absolute atomic E-state index is 0. The first kappa shape index (κ1) is 22.7. The van der Waals surface area contributed by atoms with E-state index in [1.807, 2.05) is 11.0 Å². The number of carbonyl (C=O) groups is 1. The summed E-state index contributed by atoms with van der Waals surface area (Å²) in [6.45, 7) is 3.99. The molecule has 2 fully saturated rings. The van der Waals surface area contributed by atoms with E-state index in [0.29, 0.717) is 12.5 Å². The summed E-state index contributed by atoms with van der Waals surface area (Å²) < 4.78 is 0. The molecule has 1 saturated heterocycles. The summed E-state index contributed by atoms with van der Waals surface area (Å²) in [6.07, 6.45) is 1.04. The summed E-state index contributed by atoms with van der Waals surface area (Å²) in [7, 11) is 2.11. The SMILES string of the molecule is CN1CCN(C(=O)CN[C@]2(c3ccccc3)C[C@H]2c2ccccc2)CC1.Cl.Cl. The molecule has 1 N–H and O–H groups in total. The van der Waals surface area contributed by atoms with Crippen molar-refractivity contribution >= 4 is 30.7 Å². The number of nitrogens with one attached hydrogen (secondary N) is 1. The fourth-order valence-electron chi connectivity index (χ4n) is 4.10. The number of piperazine rings is 1. The van der Waals surface area contributed by atoms with Crippen LogP contribution in [0.25, 0.3) is 0 Å². The fraction of sp³-hybridized carbons (Fsp3) is 0.409. The Balaban J connectivity index is 0.00000140. The van der Waals surface area contributed by atoms with Crippen molar-refractivity contribution < 1.29 is 4.79 Å². The van der Waals surface area contributed by atoms with Gasteiger partial charge < -0.3 is 9.80 Å². The average Bonchev–Trinajstić information content (AvgIpc) is 3.44. The van der Waals surface area contributed by atoms with Crippen molar-refractivity contribution in [2.75, 3.05) is 39.8 Å². The molecule has 0 bridgehead atoms. The first-order valence-electron chi connectivity index (χ1n) is 9.51. The average molecular weight is 422 g/mol. The number of likely N-dealkylation sites (N-methyl/N-ethyl adjacent to an activating group) is 1. The van der Waals surface area contributed by atoms with Crippen LogP contribution in [0, 0.1) is 0 Å². The molecule has 2 aromatic rings. The third kappa shape index (κ3) is 4.69. The van der Waals surface area contributed by atoms with E-state index >= 15 is 0 Å². The molecule has 1 aliphatic heterocycles. The number of carbonyl (C=O) groups excluding carboxylic acids is 1. The maximum Gasteiger partial charge on any atom is 0.236 e. The van der Waals surface area contributed by atoms with E-state index in [2.05, 4.69) is 71.9 Å². The van der Waals surface area contributed by atoms with Crippen LogP contribution >= 0.6 is 24.8 Å². The van der Waals surface area contributed by atoms with Crippen LogP contribution in [0.15, 0.2) is 60.7 Å². The predicted molar refractivity (Wildman–Crippen MR) is 118 cm³/mol. The molecule has 0 radical (unpaired) electrons. The second kappa shape index (κ2) is 9.75. The fourth-order valence-corrected chi connectivity index (χ4v) is 4.10. The lowest BCUT2D eigenvalue weighted by atomic mass is 9.98. The number of halogens is 2. The molecule has 0 aromatic heterocycles. The van der Waals surface area contributed by atoms with Gasteiger partial charge >= 0.3 is 0 Å². The van der Waals surface area contributed by atoms with Gasteiger partial charge in [-0.3, -0.25) is 10.1 Å². The lowest BCUT2D eigenvalue weighted by molar-refractivity contribution is -0.132. The number of benzene rings is 2. The van der Waals surface area contributed by atoms with E-state index in [0.717, 1.165) is 32.6 Å². The van der Waals surface area contributed by atoms with Gasteiger partial charge in [-0.15, -0.1) is 24.8 Å². The Labute approximate surface area is 180 Å². The van der Waals surface area contributed by atoms with Gasteiger partial charge in [-0.2, -0.15) is 0 Å². The number of hydrogen-bond donors (Lipinski definition) is 1.